The highest BCUT2D eigenvalue weighted by molar-refractivity contribution is 5.97. The van der Waals surface area contributed by atoms with Gasteiger partial charge < -0.3 is 14.8 Å². The Morgan fingerprint density at radius 3 is 2.83 bits per heavy atom. The van der Waals surface area contributed by atoms with E-state index in [9.17, 15) is 14.9 Å². The van der Waals surface area contributed by atoms with E-state index in [0.29, 0.717) is 12.3 Å². The maximum absolute atomic E-state index is 12.2. The van der Waals surface area contributed by atoms with Gasteiger partial charge in [0.25, 0.3) is 11.6 Å². The smallest absolute Gasteiger partial charge is 0.270 e. The number of non-ortho nitro benzene ring substituents is 1. The van der Waals surface area contributed by atoms with Crippen LogP contribution < -0.4 is 10.1 Å². The molecule has 0 aromatic heterocycles. The van der Waals surface area contributed by atoms with Crippen LogP contribution in [0.15, 0.2) is 18.2 Å². The van der Waals surface area contributed by atoms with Crippen LogP contribution in [0.3, 0.4) is 0 Å². The van der Waals surface area contributed by atoms with E-state index < -0.39 is 4.92 Å². The van der Waals surface area contributed by atoms with Gasteiger partial charge in [0.2, 0.25) is 0 Å². The van der Waals surface area contributed by atoms with Crippen LogP contribution in [-0.4, -0.2) is 62.2 Å². The molecular weight excluding hydrogens is 302 g/mol. The molecule has 0 radical (unpaired) electrons. The maximum atomic E-state index is 12.2. The molecule has 0 saturated carbocycles. The Labute approximate surface area is 134 Å². The van der Waals surface area contributed by atoms with E-state index >= 15 is 0 Å². The summed E-state index contributed by atoms with van der Waals surface area (Å²) in [4.78, 5) is 24.8. The fourth-order valence-electron chi connectivity index (χ4n) is 2.41. The third-order valence-electron chi connectivity index (χ3n) is 3.68. The second-order valence-electron chi connectivity index (χ2n) is 5.21. The molecule has 126 valence electrons. The van der Waals surface area contributed by atoms with Crippen LogP contribution in [0.4, 0.5) is 5.69 Å². The van der Waals surface area contributed by atoms with Gasteiger partial charge in [0.15, 0.2) is 0 Å². The van der Waals surface area contributed by atoms with E-state index in [2.05, 4.69) is 10.2 Å². The van der Waals surface area contributed by atoms with Crippen molar-refractivity contribution < 1.29 is 19.2 Å². The molecule has 1 aromatic rings. The number of nitrogens with one attached hydrogen (secondary N) is 1. The first-order valence-electron chi connectivity index (χ1n) is 7.52. The fraction of sp³-hybridized carbons (Fsp3) is 0.533. The van der Waals surface area contributed by atoms with Gasteiger partial charge >= 0.3 is 0 Å². The minimum absolute atomic E-state index is 0.135. The Morgan fingerprint density at radius 1 is 1.43 bits per heavy atom. The number of morpholine rings is 1. The molecule has 0 spiro atoms. The molecule has 8 heteroatoms. The second-order valence-corrected chi connectivity index (χ2v) is 5.21. The van der Waals surface area contributed by atoms with Crippen LogP contribution in [0.25, 0.3) is 0 Å². The summed E-state index contributed by atoms with van der Waals surface area (Å²) in [6.07, 6.45) is 0.809. The highest BCUT2D eigenvalue weighted by Crippen LogP contribution is 2.23. The van der Waals surface area contributed by atoms with Crippen LogP contribution in [0.1, 0.15) is 16.8 Å². The molecule has 1 aliphatic heterocycles. The van der Waals surface area contributed by atoms with E-state index in [1.165, 1.54) is 25.3 Å². The standard InChI is InChI=1S/C15H21N3O5/c1-22-14-4-3-12(18(20)21)11-13(14)15(19)16-5-2-6-17-7-9-23-10-8-17/h3-4,11H,2,5-10H2,1H3,(H,16,19). The van der Waals surface area contributed by atoms with E-state index in [-0.39, 0.29) is 17.2 Å². The summed E-state index contributed by atoms with van der Waals surface area (Å²) in [6, 6.07) is 3.98. The summed E-state index contributed by atoms with van der Waals surface area (Å²) in [5.41, 5.74) is 0.0392. The van der Waals surface area contributed by atoms with Crippen molar-refractivity contribution in [1.29, 1.82) is 0 Å². The van der Waals surface area contributed by atoms with Crippen molar-refractivity contribution in [3.05, 3.63) is 33.9 Å². The Hall–Kier alpha value is -2.19. The van der Waals surface area contributed by atoms with E-state index in [1.807, 2.05) is 0 Å². The maximum Gasteiger partial charge on any atom is 0.270 e. The Balaban J connectivity index is 1.86. The largest absolute Gasteiger partial charge is 0.496 e. The molecule has 1 aliphatic rings. The number of nitrogens with zero attached hydrogens (tertiary/aromatic N) is 2. The lowest BCUT2D eigenvalue weighted by molar-refractivity contribution is -0.384. The molecule has 1 amide bonds. The van der Waals surface area contributed by atoms with Crippen molar-refractivity contribution in [2.75, 3.05) is 46.5 Å². The number of benzene rings is 1. The predicted octanol–water partition coefficient (Wildman–Crippen LogP) is 1.06. The van der Waals surface area contributed by atoms with Gasteiger partial charge in [-0.1, -0.05) is 0 Å². The molecule has 0 unspecified atom stereocenters. The molecule has 23 heavy (non-hydrogen) atoms. The first kappa shape index (κ1) is 17.2. The first-order valence-corrected chi connectivity index (χ1v) is 7.52. The predicted molar refractivity (Wildman–Crippen MR) is 83.9 cm³/mol. The molecule has 1 saturated heterocycles. The molecule has 1 N–H and O–H groups in total. The van der Waals surface area contributed by atoms with Crippen molar-refractivity contribution in [2.24, 2.45) is 0 Å². The summed E-state index contributed by atoms with van der Waals surface area (Å²) < 4.78 is 10.4. The number of nitro benzene ring substituents is 1. The number of carbonyl (C=O) groups is 1. The van der Waals surface area contributed by atoms with Crippen molar-refractivity contribution in [1.82, 2.24) is 10.2 Å². The number of amides is 1. The number of ether oxygens (including phenoxy) is 2. The average Bonchev–Trinajstić information content (AvgIpc) is 2.58. The molecule has 1 aromatic carbocycles. The zero-order chi connectivity index (χ0) is 16.7. The molecule has 8 nitrogen and oxygen atoms in total. The fourth-order valence-corrected chi connectivity index (χ4v) is 2.41. The summed E-state index contributed by atoms with van der Waals surface area (Å²) >= 11 is 0. The monoisotopic (exact) mass is 323 g/mol. The Kier molecular flexibility index (Phi) is 6.30. The third kappa shape index (κ3) is 4.90. The van der Waals surface area contributed by atoms with Gasteiger partial charge in [-0.15, -0.1) is 0 Å². The second kappa shape index (κ2) is 8.44. The quantitative estimate of drug-likeness (QED) is 0.458. The topological polar surface area (TPSA) is 93.9 Å². The van der Waals surface area contributed by atoms with Gasteiger partial charge in [-0.05, 0) is 19.0 Å². The summed E-state index contributed by atoms with van der Waals surface area (Å²) in [7, 11) is 1.43. The van der Waals surface area contributed by atoms with Crippen LogP contribution >= 0.6 is 0 Å². The highest BCUT2D eigenvalue weighted by atomic mass is 16.6. The van der Waals surface area contributed by atoms with E-state index in [4.69, 9.17) is 9.47 Å². The minimum Gasteiger partial charge on any atom is -0.496 e. The molecule has 0 aliphatic carbocycles. The van der Waals surface area contributed by atoms with Crippen LogP contribution in [0.5, 0.6) is 5.75 Å². The number of nitro groups is 1. The number of rotatable bonds is 7. The number of methoxy groups -OCH3 is 1. The van der Waals surface area contributed by atoms with Crippen LogP contribution in [-0.2, 0) is 4.74 Å². The van der Waals surface area contributed by atoms with Crippen molar-refractivity contribution in [2.45, 2.75) is 6.42 Å². The van der Waals surface area contributed by atoms with Gasteiger partial charge in [-0.25, -0.2) is 0 Å². The molecule has 1 heterocycles. The number of hydrogen-bond donors (Lipinski definition) is 1. The summed E-state index contributed by atoms with van der Waals surface area (Å²) in [6.45, 7) is 4.70. The Morgan fingerprint density at radius 2 is 2.17 bits per heavy atom. The van der Waals surface area contributed by atoms with Crippen LogP contribution in [0, 0.1) is 10.1 Å². The van der Waals surface area contributed by atoms with Crippen molar-refractivity contribution in [3.63, 3.8) is 0 Å². The SMILES string of the molecule is COc1ccc([N+](=O)[O-])cc1C(=O)NCCCN1CCOCC1. The normalized spacial score (nSPS) is 15.2. The highest BCUT2D eigenvalue weighted by Gasteiger charge is 2.17. The van der Waals surface area contributed by atoms with Crippen molar-refractivity contribution >= 4 is 11.6 Å². The molecular formula is C15H21N3O5. The number of carbonyl (C=O) groups excluding carboxylic acids is 1. The third-order valence-corrected chi connectivity index (χ3v) is 3.68. The van der Waals surface area contributed by atoms with Gasteiger partial charge in [-0.2, -0.15) is 0 Å². The molecule has 1 fully saturated rings. The van der Waals surface area contributed by atoms with E-state index in [1.54, 1.807) is 0 Å². The van der Waals surface area contributed by atoms with Gasteiger partial charge in [-0.3, -0.25) is 19.8 Å². The van der Waals surface area contributed by atoms with Gasteiger partial charge in [0.05, 0.1) is 30.8 Å². The lowest BCUT2D eigenvalue weighted by Gasteiger charge is -2.26. The van der Waals surface area contributed by atoms with Crippen molar-refractivity contribution in [3.8, 4) is 5.75 Å². The first-order chi connectivity index (χ1) is 11.1. The molecule has 0 bridgehead atoms. The number of hydrogen-bond acceptors (Lipinski definition) is 6. The lowest BCUT2D eigenvalue weighted by atomic mass is 10.1. The molecule has 0 atom stereocenters. The van der Waals surface area contributed by atoms with Gasteiger partial charge in [0, 0.05) is 31.8 Å². The summed E-state index contributed by atoms with van der Waals surface area (Å²) in [5.74, 6) is -0.0474. The average molecular weight is 323 g/mol. The summed E-state index contributed by atoms with van der Waals surface area (Å²) in [5, 5.41) is 13.6. The lowest BCUT2D eigenvalue weighted by Crippen LogP contribution is -2.38. The Bertz CT molecular complexity index is 558. The molecule has 2 rings (SSSR count). The van der Waals surface area contributed by atoms with Crippen LogP contribution in [0.2, 0.25) is 0 Å². The zero-order valence-electron chi connectivity index (χ0n) is 13.1. The zero-order valence-corrected chi connectivity index (χ0v) is 13.1. The van der Waals surface area contributed by atoms with E-state index in [0.717, 1.165) is 39.3 Å². The van der Waals surface area contributed by atoms with Gasteiger partial charge in [0.1, 0.15) is 5.75 Å². The minimum atomic E-state index is -0.533.